The lowest BCUT2D eigenvalue weighted by molar-refractivity contribution is -0.154. The van der Waals surface area contributed by atoms with Gasteiger partial charge in [0.25, 0.3) is 5.91 Å². The summed E-state index contributed by atoms with van der Waals surface area (Å²) in [6.45, 7) is 2.12. The molecule has 2 aliphatic rings. The summed E-state index contributed by atoms with van der Waals surface area (Å²) in [7, 11) is 0. The average Bonchev–Trinajstić information content (AvgIpc) is 3.32. The second kappa shape index (κ2) is 7.73. The van der Waals surface area contributed by atoms with Crippen molar-refractivity contribution in [2.75, 3.05) is 6.61 Å². The van der Waals surface area contributed by atoms with E-state index in [0.29, 0.717) is 18.6 Å². The molecule has 2 aromatic carbocycles. The third-order valence-electron chi connectivity index (χ3n) is 5.65. The molecule has 0 spiro atoms. The van der Waals surface area contributed by atoms with Crippen molar-refractivity contribution < 1.29 is 14.3 Å². The van der Waals surface area contributed by atoms with Crippen LogP contribution in [0.15, 0.2) is 72.9 Å². The highest BCUT2D eigenvalue weighted by molar-refractivity contribution is 9.25. The Balaban J connectivity index is 1.74. The molecule has 1 aliphatic heterocycles. The lowest BCUT2D eigenvalue weighted by atomic mass is 9.75. The maximum absolute atomic E-state index is 13.2. The summed E-state index contributed by atoms with van der Waals surface area (Å²) < 4.78 is 4.93. The molecule has 1 aliphatic carbocycles. The van der Waals surface area contributed by atoms with Crippen LogP contribution in [0.5, 0.6) is 0 Å². The summed E-state index contributed by atoms with van der Waals surface area (Å²) in [5.41, 5.74) is 0.808. The third-order valence-corrected chi connectivity index (χ3v) is 7.58. The number of alkyl halides is 2. The van der Waals surface area contributed by atoms with Crippen LogP contribution in [0.25, 0.3) is 0 Å². The quantitative estimate of drug-likeness (QED) is 0.416. The Labute approximate surface area is 187 Å². The van der Waals surface area contributed by atoms with E-state index < -0.39 is 8.65 Å². The fraction of sp³-hybridized carbons (Fsp3) is 0.304. The Morgan fingerprint density at radius 2 is 1.66 bits per heavy atom. The van der Waals surface area contributed by atoms with Gasteiger partial charge in [-0.1, -0.05) is 86.5 Å². The molecule has 2 aromatic rings. The Bertz CT molecular complexity index is 945. The van der Waals surface area contributed by atoms with Crippen LogP contribution >= 0.6 is 31.9 Å². The van der Waals surface area contributed by atoms with Gasteiger partial charge in [-0.3, -0.25) is 9.59 Å². The van der Waals surface area contributed by atoms with Crippen molar-refractivity contribution in [1.29, 1.82) is 0 Å². The van der Waals surface area contributed by atoms with Crippen molar-refractivity contribution in [2.24, 2.45) is 11.3 Å². The molecule has 3 atom stereocenters. The number of hydrogen-bond donors (Lipinski definition) is 0. The van der Waals surface area contributed by atoms with Crippen LogP contribution < -0.4 is 0 Å². The summed E-state index contributed by atoms with van der Waals surface area (Å²) in [4.78, 5) is 28.0. The minimum absolute atomic E-state index is 0.0882. The number of fused-ring (bicyclic) bond motifs is 1. The SMILES string of the molecule is CCOC(=O)C1(Cc2ccccc2)C=CN(C(=O)c2ccccc2)C2C1C2(Br)Br. The van der Waals surface area contributed by atoms with E-state index in [-0.39, 0.29) is 23.8 Å². The van der Waals surface area contributed by atoms with E-state index in [0.717, 1.165) is 5.56 Å². The van der Waals surface area contributed by atoms with Crippen molar-refractivity contribution in [1.82, 2.24) is 4.90 Å². The molecule has 0 aromatic heterocycles. The number of carbonyl (C=O) groups is 2. The highest BCUT2D eigenvalue weighted by atomic mass is 79.9. The fourth-order valence-corrected chi connectivity index (χ4v) is 6.27. The van der Waals surface area contributed by atoms with Gasteiger partial charge in [0.05, 0.1) is 18.1 Å². The summed E-state index contributed by atoms with van der Waals surface area (Å²) in [5, 5.41) is 0. The molecule has 1 heterocycles. The van der Waals surface area contributed by atoms with E-state index >= 15 is 0 Å². The number of esters is 1. The van der Waals surface area contributed by atoms with E-state index in [1.54, 1.807) is 23.2 Å². The zero-order valence-corrected chi connectivity index (χ0v) is 19.1. The van der Waals surface area contributed by atoms with E-state index in [1.165, 1.54) is 0 Å². The molecular formula is C23H21Br2NO3. The number of nitrogens with zero attached hydrogens (tertiary/aromatic N) is 1. The molecule has 150 valence electrons. The van der Waals surface area contributed by atoms with Gasteiger partial charge in [0.2, 0.25) is 0 Å². The molecule has 6 heteroatoms. The maximum Gasteiger partial charge on any atom is 0.316 e. The van der Waals surface area contributed by atoms with Gasteiger partial charge in [0.15, 0.2) is 0 Å². The highest BCUT2D eigenvalue weighted by Crippen LogP contribution is 2.69. The first-order valence-electron chi connectivity index (χ1n) is 9.58. The van der Waals surface area contributed by atoms with E-state index in [2.05, 4.69) is 31.9 Å². The highest BCUT2D eigenvalue weighted by Gasteiger charge is 2.75. The van der Waals surface area contributed by atoms with Crippen LogP contribution in [-0.2, 0) is 16.0 Å². The molecular weight excluding hydrogens is 498 g/mol. The lowest BCUT2D eigenvalue weighted by Gasteiger charge is -2.34. The van der Waals surface area contributed by atoms with Crippen molar-refractivity contribution >= 4 is 43.7 Å². The van der Waals surface area contributed by atoms with Crippen molar-refractivity contribution in [2.45, 2.75) is 22.6 Å². The monoisotopic (exact) mass is 517 g/mol. The number of carbonyl (C=O) groups excluding carboxylic acids is 2. The average molecular weight is 519 g/mol. The maximum atomic E-state index is 13.2. The number of rotatable bonds is 5. The standard InChI is InChI=1S/C23H21Br2NO3/c1-2-29-21(28)22(15-16-9-5-3-6-10-16)13-14-26(19-18(22)23(19,24)25)20(27)17-11-7-4-8-12-17/h3-14,18-19H,2,15H2,1H3. The second-order valence-electron chi connectivity index (χ2n) is 7.41. The minimum Gasteiger partial charge on any atom is -0.465 e. The van der Waals surface area contributed by atoms with Gasteiger partial charge in [0, 0.05) is 17.7 Å². The van der Waals surface area contributed by atoms with Gasteiger partial charge in [-0.15, -0.1) is 0 Å². The summed E-state index contributed by atoms with van der Waals surface area (Å²) >= 11 is 7.49. The van der Waals surface area contributed by atoms with Crippen LogP contribution in [0.2, 0.25) is 0 Å². The fourth-order valence-electron chi connectivity index (χ4n) is 4.25. The zero-order valence-electron chi connectivity index (χ0n) is 15.9. The molecule has 3 unspecified atom stereocenters. The van der Waals surface area contributed by atoms with Gasteiger partial charge in [-0.05, 0) is 31.0 Å². The Morgan fingerprint density at radius 3 is 2.28 bits per heavy atom. The predicted octanol–water partition coefficient (Wildman–Crippen LogP) is 4.93. The summed E-state index contributed by atoms with van der Waals surface area (Å²) in [5.74, 6) is -0.510. The van der Waals surface area contributed by atoms with Crippen molar-refractivity contribution in [3.8, 4) is 0 Å². The Kier molecular flexibility index (Phi) is 5.42. The smallest absolute Gasteiger partial charge is 0.316 e. The van der Waals surface area contributed by atoms with Crippen LogP contribution in [0.1, 0.15) is 22.8 Å². The van der Waals surface area contributed by atoms with Gasteiger partial charge in [-0.25, -0.2) is 0 Å². The molecule has 0 saturated heterocycles. The Hall–Kier alpha value is -1.92. The first kappa shape index (κ1) is 20.4. The second-order valence-corrected chi connectivity index (χ2v) is 11.1. The Morgan fingerprint density at radius 1 is 1.03 bits per heavy atom. The van der Waals surface area contributed by atoms with E-state index in [4.69, 9.17) is 4.74 Å². The number of ether oxygens (including phenoxy) is 1. The van der Waals surface area contributed by atoms with Gasteiger partial charge in [0.1, 0.15) is 3.23 Å². The van der Waals surface area contributed by atoms with Crippen molar-refractivity contribution in [3.05, 3.63) is 84.1 Å². The minimum atomic E-state index is -0.859. The molecule has 0 radical (unpaired) electrons. The van der Waals surface area contributed by atoms with E-state index in [1.807, 2.05) is 61.5 Å². The number of halogens is 2. The third kappa shape index (κ3) is 3.46. The number of amides is 1. The van der Waals surface area contributed by atoms with Gasteiger partial charge in [-0.2, -0.15) is 0 Å². The van der Waals surface area contributed by atoms with Crippen LogP contribution in [0.3, 0.4) is 0 Å². The predicted molar refractivity (Wildman–Crippen MR) is 119 cm³/mol. The number of hydrogen-bond acceptors (Lipinski definition) is 3. The van der Waals surface area contributed by atoms with Crippen LogP contribution in [0, 0.1) is 11.3 Å². The normalized spacial score (nSPS) is 26.5. The topological polar surface area (TPSA) is 46.6 Å². The molecule has 4 nitrogen and oxygen atoms in total. The molecule has 29 heavy (non-hydrogen) atoms. The zero-order chi connectivity index (χ0) is 20.6. The van der Waals surface area contributed by atoms with Gasteiger partial charge >= 0.3 is 5.97 Å². The molecule has 0 bridgehead atoms. The summed E-state index contributed by atoms with van der Waals surface area (Å²) in [6, 6.07) is 18.9. The lowest BCUT2D eigenvalue weighted by Crippen LogP contribution is -2.43. The number of benzene rings is 2. The summed E-state index contributed by atoms with van der Waals surface area (Å²) in [6.07, 6.45) is 4.11. The molecule has 1 amide bonds. The molecule has 1 fully saturated rings. The molecule has 4 rings (SSSR count). The first-order valence-corrected chi connectivity index (χ1v) is 11.2. The van der Waals surface area contributed by atoms with E-state index in [9.17, 15) is 9.59 Å². The van der Waals surface area contributed by atoms with Crippen molar-refractivity contribution in [3.63, 3.8) is 0 Å². The molecule has 1 saturated carbocycles. The van der Waals surface area contributed by atoms with Crippen LogP contribution in [0.4, 0.5) is 0 Å². The largest absolute Gasteiger partial charge is 0.465 e. The van der Waals surface area contributed by atoms with Gasteiger partial charge < -0.3 is 9.64 Å². The molecule has 0 N–H and O–H groups in total. The first-order chi connectivity index (χ1) is 13.9. The van der Waals surface area contributed by atoms with Crippen LogP contribution in [-0.4, -0.2) is 32.7 Å².